The van der Waals surface area contributed by atoms with E-state index in [4.69, 9.17) is 0 Å². The van der Waals surface area contributed by atoms with Gasteiger partial charge in [-0.05, 0) is 31.0 Å². The van der Waals surface area contributed by atoms with Gasteiger partial charge in [0.2, 0.25) is 15.9 Å². The van der Waals surface area contributed by atoms with E-state index in [1.807, 2.05) is 6.92 Å². The third kappa shape index (κ3) is 3.02. The SMILES string of the molecule is CC1CSc2ccc(S(=O)(=O)N3CCCCC3)cc2NC1=O. The first kappa shape index (κ1) is 15.8. The van der Waals surface area contributed by atoms with Gasteiger partial charge in [0.05, 0.1) is 10.6 Å². The fraction of sp³-hybridized carbons (Fsp3) is 0.533. The molecule has 1 aromatic rings. The molecular formula is C15H20N2O3S2. The average Bonchev–Trinajstić information content (AvgIpc) is 2.67. The van der Waals surface area contributed by atoms with Crippen molar-refractivity contribution in [2.45, 2.75) is 36.0 Å². The molecule has 7 heteroatoms. The van der Waals surface area contributed by atoms with Gasteiger partial charge >= 0.3 is 0 Å². The van der Waals surface area contributed by atoms with Gasteiger partial charge in [-0.1, -0.05) is 13.3 Å². The number of sulfonamides is 1. The predicted molar refractivity (Wildman–Crippen MR) is 87.6 cm³/mol. The number of carbonyl (C=O) groups is 1. The highest BCUT2D eigenvalue weighted by molar-refractivity contribution is 7.99. The van der Waals surface area contributed by atoms with Crippen molar-refractivity contribution in [1.29, 1.82) is 0 Å². The Bertz CT molecular complexity index is 682. The quantitative estimate of drug-likeness (QED) is 0.898. The minimum absolute atomic E-state index is 0.0567. The van der Waals surface area contributed by atoms with E-state index in [9.17, 15) is 13.2 Å². The van der Waals surface area contributed by atoms with Crippen molar-refractivity contribution in [1.82, 2.24) is 4.31 Å². The lowest BCUT2D eigenvalue weighted by atomic mass is 10.2. The molecule has 0 saturated carbocycles. The largest absolute Gasteiger partial charge is 0.325 e. The summed E-state index contributed by atoms with van der Waals surface area (Å²) in [5, 5.41) is 2.84. The van der Waals surface area contributed by atoms with Gasteiger partial charge in [-0.25, -0.2) is 8.42 Å². The molecule has 1 saturated heterocycles. The third-order valence-corrected chi connectivity index (χ3v) is 7.33. The van der Waals surface area contributed by atoms with Gasteiger partial charge in [-0.15, -0.1) is 11.8 Å². The van der Waals surface area contributed by atoms with Gasteiger partial charge in [0, 0.05) is 29.7 Å². The molecule has 1 amide bonds. The second-order valence-electron chi connectivity index (χ2n) is 5.82. The number of hydrogen-bond donors (Lipinski definition) is 1. The monoisotopic (exact) mass is 340 g/mol. The summed E-state index contributed by atoms with van der Waals surface area (Å²) >= 11 is 1.58. The Morgan fingerprint density at radius 3 is 2.68 bits per heavy atom. The van der Waals surface area contributed by atoms with Gasteiger partial charge in [0.1, 0.15) is 0 Å². The van der Waals surface area contributed by atoms with Crippen LogP contribution in [0.25, 0.3) is 0 Å². The Balaban J connectivity index is 1.93. The van der Waals surface area contributed by atoms with Gasteiger partial charge in [0.25, 0.3) is 0 Å². The van der Waals surface area contributed by atoms with Gasteiger partial charge < -0.3 is 5.32 Å². The summed E-state index contributed by atoms with van der Waals surface area (Å²) in [5.74, 6) is 0.565. The standard InChI is InChI=1S/C15H20N2O3S2/c1-11-10-21-14-6-5-12(9-13(14)16-15(11)18)22(19,20)17-7-3-2-4-8-17/h5-6,9,11H,2-4,7-8,10H2,1H3,(H,16,18). The first-order valence-corrected chi connectivity index (χ1v) is 9.99. The Morgan fingerprint density at radius 1 is 1.23 bits per heavy atom. The van der Waals surface area contributed by atoms with Crippen LogP contribution >= 0.6 is 11.8 Å². The zero-order valence-corrected chi connectivity index (χ0v) is 14.2. The minimum Gasteiger partial charge on any atom is -0.325 e. The molecule has 5 nitrogen and oxygen atoms in total. The smallest absolute Gasteiger partial charge is 0.243 e. The average molecular weight is 340 g/mol. The van der Waals surface area contributed by atoms with Crippen LogP contribution in [0.1, 0.15) is 26.2 Å². The zero-order chi connectivity index (χ0) is 15.7. The molecule has 1 fully saturated rings. The summed E-state index contributed by atoms with van der Waals surface area (Å²) in [6.07, 6.45) is 2.91. The summed E-state index contributed by atoms with van der Waals surface area (Å²) < 4.78 is 27.0. The number of benzene rings is 1. The Kier molecular flexibility index (Phi) is 4.47. The van der Waals surface area contributed by atoms with E-state index in [0.29, 0.717) is 24.5 Å². The van der Waals surface area contributed by atoms with E-state index in [0.717, 1.165) is 24.2 Å². The van der Waals surface area contributed by atoms with Crippen LogP contribution in [0.4, 0.5) is 5.69 Å². The molecule has 1 unspecified atom stereocenters. The number of anilines is 1. The molecule has 2 aliphatic heterocycles. The maximum atomic E-state index is 12.7. The molecular weight excluding hydrogens is 320 g/mol. The number of carbonyl (C=O) groups excluding carboxylic acids is 1. The van der Waals surface area contributed by atoms with E-state index in [-0.39, 0.29) is 16.7 Å². The molecule has 0 spiro atoms. The highest BCUT2D eigenvalue weighted by Gasteiger charge is 2.28. The van der Waals surface area contributed by atoms with Gasteiger partial charge in [-0.3, -0.25) is 4.79 Å². The number of amides is 1. The second kappa shape index (κ2) is 6.22. The molecule has 22 heavy (non-hydrogen) atoms. The molecule has 2 heterocycles. The molecule has 1 atom stereocenters. The molecule has 0 aliphatic carbocycles. The lowest BCUT2D eigenvalue weighted by Crippen LogP contribution is -2.35. The van der Waals surface area contributed by atoms with Crippen LogP contribution in [0.15, 0.2) is 28.0 Å². The van der Waals surface area contributed by atoms with E-state index >= 15 is 0 Å². The van der Waals surface area contributed by atoms with Crippen molar-refractivity contribution in [2.75, 3.05) is 24.2 Å². The Morgan fingerprint density at radius 2 is 1.95 bits per heavy atom. The molecule has 3 rings (SSSR count). The first-order chi connectivity index (χ1) is 10.5. The molecule has 0 radical (unpaired) electrons. The van der Waals surface area contributed by atoms with E-state index in [2.05, 4.69) is 5.32 Å². The van der Waals surface area contributed by atoms with E-state index in [1.165, 1.54) is 0 Å². The predicted octanol–water partition coefficient (Wildman–Crippen LogP) is 2.54. The summed E-state index contributed by atoms with van der Waals surface area (Å²) in [6.45, 7) is 3.04. The Labute approximate surface area is 135 Å². The topological polar surface area (TPSA) is 66.5 Å². The number of thioether (sulfide) groups is 1. The summed E-state index contributed by atoms with van der Waals surface area (Å²) in [5.41, 5.74) is 0.609. The first-order valence-electron chi connectivity index (χ1n) is 7.56. The maximum Gasteiger partial charge on any atom is 0.243 e. The van der Waals surface area contributed by atoms with Crippen molar-refractivity contribution in [3.8, 4) is 0 Å². The summed E-state index contributed by atoms with van der Waals surface area (Å²) in [6, 6.07) is 5.05. The lowest BCUT2D eigenvalue weighted by Gasteiger charge is -2.26. The minimum atomic E-state index is -3.47. The highest BCUT2D eigenvalue weighted by atomic mass is 32.2. The van der Waals surface area contributed by atoms with Gasteiger partial charge in [-0.2, -0.15) is 4.31 Å². The second-order valence-corrected chi connectivity index (χ2v) is 8.82. The van der Waals surface area contributed by atoms with Crippen molar-refractivity contribution < 1.29 is 13.2 Å². The summed E-state index contributed by atoms with van der Waals surface area (Å²) in [7, 11) is -3.47. The van der Waals surface area contributed by atoms with Crippen LogP contribution < -0.4 is 5.32 Å². The van der Waals surface area contributed by atoms with Crippen molar-refractivity contribution >= 4 is 33.4 Å². The van der Waals surface area contributed by atoms with Crippen LogP contribution in [0.3, 0.4) is 0 Å². The van der Waals surface area contributed by atoms with Crippen molar-refractivity contribution in [3.63, 3.8) is 0 Å². The van der Waals surface area contributed by atoms with Gasteiger partial charge in [0.15, 0.2) is 0 Å². The third-order valence-electron chi connectivity index (χ3n) is 4.10. The number of nitrogens with zero attached hydrogens (tertiary/aromatic N) is 1. The van der Waals surface area contributed by atoms with Crippen LogP contribution in [-0.4, -0.2) is 37.5 Å². The van der Waals surface area contributed by atoms with Crippen molar-refractivity contribution in [3.05, 3.63) is 18.2 Å². The van der Waals surface area contributed by atoms with Crippen LogP contribution in [0.2, 0.25) is 0 Å². The molecule has 0 aromatic heterocycles. The maximum absolute atomic E-state index is 12.7. The van der Waals surface area contributed by atoms with E-state index < -0.39 is 10.0 Å². The number of rotatable bonds is 2. The van der Waals surface area contributed by atoms with E-state index in [1.54, 1.807) is 34.3 Å². The fourth-order valence-corrected chi connectivity index (χ4v) is 5.25. The molecule has 1 N–H and O–H groups in total. The van der Waals surface area contributed by atoms with Crippen molar-refractivity contribution in [2.24, 2.45) is 5.92 Å². The highest BCUT2D eigenvalue weighted by Crippen LogP contribution is 2.35. The van der Waals surface area contributed by atoms with Crippen LogP contribution in [0.5, 0.6) is 0 Å². The molecule has 120 valence electrons. The number of piperidine rings is 1. The van der Waals surface area contributed by atoms with Crippen LogP contribution in [0, 0.1) is 5.92 Å². The lowest BCUT2D eigenvalue weighted by molar-refractivity contribution is -0.118. The zero-order valence-electron chi connectivity index (χ0n) is 12.5. The van der Waals surface area contributed by atoms with Crippen LogP contribution in [-0.2, 0) is 14.8 Å². The molecule has 2 aliphatic rings. The summed E-state index contributed by atoms with van der Waals surface area (Å²) in [4.78, 5) is 13.1. The fourth-order valence-electron chi connectivity index (χ4n) is 2.69. The molecule has 1 aromatic carbocycles. The Hall–Kier alpha value is -1.05. The molecule has 0 bridgehead atoms. The normalized spacial score (nSPS) is 23.5. The number of nitrogens with one attached hydrogen (secondary N) is 1. The number of fused-ring (bicyclic) bond motifs is 1. The number of hydrogen-bond acceptors (Lipinski definition) is 4.